The zero-order valence-corrected chi connectivity index (χ0v) is 25.6. The van der Waals surface area contributed by atoms with E-state index in [0.717, 1.165) is 44.2 Å². The fourth-order valence-corrected chi connectivity index (χ4v) is 5.76. The Hall–Kier alpha value is -6.02. The molecule has 7 aromatic rings. The van der Waals surface area contributed by atoms with Gasteiger partial charge in [-0.1, -0.05) is 24.3 Å². The summed E-state index contributed by atoms with van der Waals surface area (Å²) in [6.07, 6.45) is 0. The maximum Gasteiger partial charge on any atom is 0.165 e. The van der Waals surface area contributed by atoms with Gasteiger partial charge < -0.3 is 4.57 Å². The van der Waals surface area contributed by atoms with Gasteiger partial charge in [0.05, 0.1) is 28.4 Å². The lowest BCUT2D eigenvalue weighted by Gasteiger charge is -2.15. The van der Waals surface area contributed by atoms with Gasteiger partial charge in [-0.2, -0.15) is 5.26 Å². The molecule has 0 saturated heterocycles. The van der Waals surface area contributed by atoms with Crippen LogP contribution < -0.4 is 0 Å². The first-order valence-electron chi connectivity index (χ1n) is 14.4. The fourth-order valence-electron chi connectivity index (χ4n) is 5.76. The Morgan fingerprint density at radius 2 is 0.911 bits per heavy atom. The third-order valence-corrected chi connectivity index (χ3v) is 7.47. The van der Waals surface area contributed by atoms with Crippen LogP contribution in [0.5, 0.6) is 0 Å². The van der Waals surface area contributed by atoms with Gasteiger partial charge in [-0.3, -0.25) is 0 Å². The molecule has 0 amide bonds. The normalized spacial score (nSPS) is 11.3. The van der Waals surface area contributed by atoms with Crippen LogP contribution in [0.2, 0.25) is 0 Å². The molecule has 7 rings (SSSR count). The van der Waals surface area contributed by atoms with Gasteiger partial charge in [-0.25, -0.2) is 44.9 Å². The molecule has 0 aliphatic heterocycles. The van der Waals surface area contributed by atoms with Crippen LogP contribution in [0.1, 0.15) is 40.5 Å². The highest BCUT2D eigenvalue weighted by Gasteiger charge is 2.20. The molecule has 0 bridgehead atoms. The van der Waals surface area contributed by atoms with E-state index in [1.54, 1.807) is 6.07 Å². The molecule has 0 fully saturated rings. The highest BCUT2D eigenvalue weighted by molar-refractivity contribution is 6.11. The molecule has 0 unspecified atom stereocenters. The molecule has 11 nitrogen and oxygen atoms in total. The van der Waals surface area contributed by atoms with Crippen LogP contribution in [0.15, 0.2) is 54.6 Å². The van der Waals surface area contributed by atoms with Gasteiger partial charge in [0, 0.05) is 27.5 Å². The van der Waals surface area contributed by atoms with Crippen LogP contribution in [-0.2, 0) is 0 Å². The molecular weight excluding hydrogens is 562 g/mol. The van der Waals surface area contributed by atoms with Crippen molar-refractivity contribution in [3.8, 4) is 45.9 Å². The summed E-state index contributed by atoms with van der Waals surface area (Å²) in [5.41, 5.74) is 5.50. The molecule has 0 atom stereocenters. The minimum atomic E-state index is 0.506. The molecule has 4 aromatic heterocycles. The Balaban J connectivity index is 1.60. The summed E-state index contributed by atoms with van der Waals surface area (Å²) in [7, 11) is 0. The molecule has 45 heavy (non-hydrogen) atoms. The van der Waals surface area contributed by atoms with Crippen LogP contribution >= 0.6 is 0 Å². The number of hydrogen-bond donors (Lipinski definition) is 0. The molecule has 11 heteroatoms. The largest absolute Gasteiger partial charge is 0.308 e. The Morgan fingerprint density at radius 1 is 0.489 bits per heavy atom. The van der Waals surface area contributed by atoms with E-state index in [2.05, 4.69) is 79.8 Å². The monoisotopic (exact) mass is 589 g/mol. The van der Waals surface area contributed by atoms with E-state index < -0.39 is 0 Å². The summed E-state index contributed by atoms with van der Waals surface area (Å²) >= 11 is 0. The maximum atomic E-state index is 9.98. The average Bonchev–Trinajstić information content (AvgIpc) is 3.32. The van der Waals surface area contributed by atoms with E-state index in [4.69, 9.17) is 0 Å². The fraction of sp³-hybridized carbons (Fsp3) is 0.176. The van der Waals surface area contributed by atoms with Crippen molar-refractivity contribution in [2.45, 2.75) is 41.5 Å². The van der Waals surface area contributed by atoms with E-state index in [1.807, 2.05) is 65.8 Å². The molecule has 0 N–H and O–H groups in total. The van der Waals surface area contributed by atoms with Crippen molar-refractivity contribution >= 4 is 21.8 Å². The first-order valence-corrected chi connectivity index (χ1v) is 14.4. The molecule has 0 radical (unpaired) electrons. The third-order valence-electron chi connectivity index (χ3n) is 7.47. The lowest BCUT2D eigenvalue weighted by atomic mass is 10.1. The van der Waals surface area contributed by atoms with Crippen molar-refractivity contribution in [3.63, 3.8) is 0 Å². The second kappa shape index (κ2) is 10.6. The zero-order chi connectivity index (χ0) is 31.4. The highest BCUT2D eigenvalue weighted by Crippen LogP contribution is 2.38. The Bertz CT molecular complexity index is 2200. The molecule has 0 saturated carbocycles. The van der Waals surface area contributed by atoms with E-state index in [9.17, 15) is 5.26 Å². The SMILES string of the molecule is Cc1nc(C)nc(-c2ccc3c4ccc(-c5nc(C)nc(C)n5)cc4n(-c4cc(C#N)ccc4-c4nc(C)nc(C)n4)c3c2)n1. The van der Waals surface area contributed by atoms with Gasteiger partial charge >= 0.3 is 0 Å². The van der Waals surface area contributed by atoms with Crippen LogP contribution in [0, 0.1) is 52.9 Å². The first-order chi connectivity index (χ1) is 21.7. The second-order valence-corrected chi connectivity index (χ2v) is 10.9. The Labute approximate surface area is 258 Å². The van der Waals surface area contributed by atoms with Gasteiger partial charge in [0.2, 0.25) is 0 Å². The number of benzene rings is 3. The van der Waals surface area contributed by atoms with E-state index in [1.165, 1.54) is 0 Å². The predicted molar refractivity (Wildman–Crippen MR) is 170 cm³/mol. The van der Waals surface area contributed by atoms with Gasteiger partial charge in [0.15, 0.2) is 17.5 Å². The number of rotatable bonds is 4. The maximum absolute atomic E-state index is 9.98. The van der Waals surface area contributed by atoms with Crippen molar-refractivity contribution in [1.82, 2.24) is 49.4 Å². The minimum Gasteiger partial charge on any atom is -0.308 e. The second-order valence-electron chi connectivity index (χ2n) is 10.9. The topological polar surface area (TPSA) is 145 Å². The number of nitriles is 1. The number of aryl methyl sites for hydroxylation is 6. The van der Waals surface area contributed by atoms with Crippen LogP contribution in [0.3, 0.4) is 0 Å². The van der Waals surface area contributed by atoms with Crippen molar-refractivity contribution in [1.29, 1.82) is 5.26 Å². The smallest absolute Gasteiger partial charge is 0.165 e. The molecule has 0 aliphatic rings. The van der Waals surface area contributed by atoms with E-state index in [-0.39, 0.29) is 0 Å². The third kappa shape index (κ3) is 5.02. The van der Waals surface area contributed by atoms with Gasteiger partial charge in [-0.05, 0) is 71.9 Å². The number of nitrogens with zero attached hydrogens (tertiary/aromatic N) is 11. The Morgan fingerprint density at radius 3 is 1.33 bits per heavy atom. The Kier molecular flexibility index (Phi) is 6.55. The summed E-state index contributed by atoms with van der Waals surface area (Å²) < 4.78 is 2.14. The number of fused-ring (bicyclic) bond motifs is 3. The summed E-state index contributed by atoms with van der Waals surface area (Å²) in [6.45, 7) is 11.1. The standard InChI is InChI=1S/C34H27N11/c1-17-36-18(2)40-32(39-17)24-8-11-26-27-12-9-25(33-41-19(3)37-20(4)42-33)15-31(27)45(30(26)14-24)29-13-23(16-35)7-10-28(29)34-43-21(5)38-22(6)44-34/h7-15H,1-6H3. The van der Waals surface area contributed by atoms with Gasteiger partial charge in [0.25, 0.3) is 0 Å². The van der Waals surface area contributed by atoms with Crippen molar-refractivity contribution < 1.29 is 0 Å². The summed E-state index contributed by atoms with van der Waals surface area (Å²) in [5, 5.41) is 12.0. The molecule has 4 heterocycles. The average molecular weight is 590 g/mol. The number of hydrogen-bond acceptors (Lipinski definition) is 10. The lowest BCUT2D eigenvalue weighted by molar-refractivity contribution is 0.925. The number of aromatic nitrogens is 10. The molecular formula is C34H27N11. The molecule has 0 spiro atoms. The van der Waals surface area contributed by atoms with E-state index >= 15 is 0 Å². The summed E-state index contributed by atoms with van der Waals surface area (Å²) in [4.78, 5) is 41.0. The van der Waals surface area contributed by atoms with Gasteiger partial charge in [-0.15, -0.1) is 0 Å². The summed E-state index contributed by atoms with van der Waals surface area (Å²) in [6, 6.07) is 20.2. The first kappa shape index (κ1) is 27.8. The van der Waals surface area contributed by atoms with Crippen LogP contribution in [0.25, 0.3) is 61.7 Å². The minimum absolute atomic E-state index is 0.506. The molecule has 218 valence electrons. The van der Waals surface area contributed by atoms with Crippen molar-refractivity contribution in [2.24, 2.45) is 0 Å². The van der Waals surface area contributed by atoms with Crippen LogP contribution in [0.4, 0.5) is 0 Å². The van der Waals surface area contributed by atoms with E-state index in [0.29, 0.717) is 58.0 Å². The zero-order valence-electron chi connectivity index (χ0n) is 25.6. The quantitative estimate of drug-likeness (QED) is 0.237. The lowest BCUT2D eigenvalue weighted by Crippen LogP contribution is -2.04. The predicted octanol–water partition coefficient (Wildman–Crippen LogP) is 6.06. The van der Waals surface area contributed by atoms with Crippen LogP contribution in [-0.4, -0.2) is 49.4 Å². The molecule has 3 aromatic carbocycles. The molecule has 0 aliphatic carbocycles. The van der Waals surface area contributed by atoms with Gasteiger partial charge in [0.1, 0.15) is 34.9 Å². The highest BCUT2D eigenvalue weighted by atomic mass is 15.1. The van der Waals surface area contributed by atoms with Crippen molar-refractivity contribution in [3.05, 3.63) is 95.1 Å². The summed E-state index contributed by atoms with van der Waals surface area (Å²) in [5.74, 6) is 5.52. The van der Waals surface area contributed by atoms with Crippen molar-refractivity contribution in [2.75, 3.05) is 0 Å².